The van der Waals surface area contributed by atoms with E-state index < -0.39 is 0 Å². The van der Waals surface area contributed by atoms with Crippen LogP contribution in [0.5, 0.6) is 0 Å². The normalized spacial score (nSPS) is 11.8. The summed E-state index contributed by atoms with van der Waals surface area (Å²) in [5.74, 6) is 0.781. The van der Waals surface area contributed by atoms with Gasteiger partial charge in [-0.25, -0.2) is 0 Å². The Labute approximate surface area is 169 Å². The van der Waals surface area contributed by atoms with Crippen molar-refractivity contribution in [2.45, 2.75) is 19.9 Å². The van der Waals surface area contributed by atoms with Crippen molar-refractivity contribution < 1.29 is 9.21 Å². The van der Waals surface area contributed by atoms with Crippen LogP contribution in [0.2, 0.25) is 0 Å². The first kappa shape index (κ1) is 18.6. The highest BCUT2D eigenvalue weighted by Gasteiger charge is 2.14. The molecule has 0 fully saturated rings. The van der Waals surface area contributed by atoms with Gasteiger partial charge >= 0.3 is 0 Å². The van der Waals surface area contributed by atoms with Gasteiger partial charge in [-0.15, -0.1) is 10.2 Å². The van der Waals surface area contributed by atoms with Crippen LogP contribution in [0.25, 0.3) is 22.9 Å². The molecule has 1 heterocycles. The topological polar surface area (TPSA) is 68.0 Å². The summed E-state index contributed by atoms with van der Waals surface area (Å²) in [7, 11) is 0. The molecule has 1 N–H and O–H groups in total. The molecule has 3 aromatic carbocycles. The summed E-state index contributed by atoms with van der Waals surface area (Å²) in [4.78, 5) is 12.5. The lowest BCUT2D eigenvalue weighted by atomic mass is 10.1. The molecular weight excluding hydrogens is 362 g/mol. The van der Waals surface area contributed by atoms with Gasteiger partial charge in [0.25, 0.3) is 5.91 Å². The molecular formula is C24H21N3O2. The second kappa shape index (κ2) is 8.10. The van der Waals surface area contributed by atoms with E-state index in [2.05, 4.69) is 15.5 Å². The molecule has 29 heavy (non-hydrogen) atoms. The molecule has 5 heteroatoms. The molecule has 1 amide bonds. The first-order chi connectivity index (χ1) is 14.1. The number of nitrogens with one attached hydrogen (secondary N) is 1. The zero-order valence-electron chi connectivity index (χ0n) is 16.3. The quantitative estimate of drug-likeness (QED) is 0.514. The molecule has 0 spiro atoms. The van der Waals surface area contributed by atoms with Gasteiger partial charge < -0.3 is 9.73 Å². The van der Waals surface area contributed by atoms with Gasteiger partial charge in [-0.1, -0.05) is 48.5 Å². The Kier molecular flexibility index (Phi) is 5.20. The Balaban J connectivity index is 1.48. The lowest BCUT2D eigenvalue weighted by molar-refractivity contribution is 0.0940. The van der Waals surface area contributed by atoms with Crippen molar-refractivity contribution in [1.29, 1.82) is 0 Å². The van der Waals surface area contributed by atoms with E-state index in [4.69, 9.17) is 4.42 Å². The van der Waals surface area contributed by atoms with Crippen LogP contribution in [-0.2, 0) is 0 Å². The number of carbonyl (C=O) groups excluding carboxylic acids is 1. The highest BCUT2D eigenvalue weighted by atomic mass is 16.4. The predicted molar refractivity (Wildman–Crippen MR) is 112 cm³/mol. The fourth-order valence-electron chi connectivity index (χ4n) is 3.13. The summed E-state index contributed by atoms with van der Waals surface area (Å²) in [5.41, 5.74) is 4.40. The number of aromatic nitrogens is 2. The number of carbonyl (C=O) groups is 1. The van der Waals surface area contributed by atoms with E-state index in [0.29, 0.717) is 17.3 Å². The molecule has 144 valence electrons. The first-order valence-corrected chi connectivity index (χ1v) is 9.47. The average molecular weight is 383 g/mol. The maximum Gasteiger partial charge on any atom is 0.251 e. The molecule has 0 bridgehead atoms. The Morgan fingerprint density at radius 1 is 0.862 bits per heavy atom. The van der Waals surface area contributed by atoms with E-state index in [9.17, 15) is 4.79 Å². The van der Waals surface area contributed by atoms with Gasteiger partial charge in [-0.2, -0.15) is 0 Å². The molecule has 0 aliphatic rings. The number of nitrogens with zero attached hydrogens (tertiary/aromatic N) is 2. The summed E-state index contributed by atoms with van der Waals surface area (Å²) in [5, 5.41) is 11.3. The van der Waals surface area contributed by atoms with Gasteiger partial charge in [0.2, 0.25) is 11.8 Å². The van der Waals surface area contributed by atoms with Crippen LogP contribution in [0.15, 0.2) is 83.3 Å². The molecule has 0 saturated heterocycles. The number of hydrogen-bond acceptors (Lipinski definition) is 4. The summed E-state index contributed by atoms with van der Waals surface area (Å²) in [6, 6.07) is 24.8. The minimum absolute atomic E-state index is 0.0732. The molecule has 1 unspecified atom stereocenters. The zero-order chi connectivity index (χ0) is 20.2. The molecule has 0 radical (unpaired) electrons. The van der Waals surface area contributed by atoms with Gasteiger partial charge in [0.1, 0.15) is 0 Å². The van der Waals surface area contributed by atoms with E-state index in [0.717, 1.165) is 22.3 Å². The lowest BCUT2D eigenvalue weighted by Gasteiger charge is -2.14. The lowest BCUT2D eigenvalue weighted by Crippen LogP contribution is -2.26. The molecule has 0 aliphatic carbocycles. The van der Waals surface area contributed by atoms with Gasteiger partial charge in [0.15, 0.2) is 0 Å². The van der Waals surface area contributed by atoms with Crippen LogP contribution < -0.4 is 5.32 Å². The van der Waals surface area contributed by atoms with E-state index in [1.54, 1.807) is 12.1 Å². The van der Waals surface area contributed by atoms with E-state index in [-0.39, 0.29) is 11.9 Å². The highest BCUT2D eigenvalue weighted by Crippen LogP contribution is 2.26. The fourth-order valence-corrected chi connectivity index (χ4v) is 3.13. The van der Waals surface area contributed by atoms with E-state index in [1.807, 2.05) is 80.6 Å². The molecule has 1 aromatic heterocycles. The van der Waals surface area contributed by atoms with E-state index in [1.165, 1.54) is 0 Å². The van der Waals surface area contributed by atoms with E-state index >= 15 is 0 Å². The zero-order valence-corrected chi connectivity index (χ0v) is 16.3. The smallest absolute Gasteiger partial charge is 0.251 e. The van der Waals surface area contributed by atoms with Crippen LogP contribution in [0.3, 0.4) is 0 Å². The molecule has 1 atom stereocenters. The number of rotatable bonds is 5. The fraction of sp³-hybridized carbons (Fsp3) is 0.125. The van der Waals surface area contributed by atoms with Crippen LogP contribution in [0.1, 0.15) is 34.5 Å². The average Bonchev–Trinajstić information content (AvgIpc) is 3.25. The van der Waals surface area contributed by atoms with Crippen LogP contribution in [0, 0.1) is 6.92 Å². The highest BCUT2D eigenvalue weighted by molar-refractivity contribution is 5.94. The maximum atomic E-state index is 12.5. The Bertz CT molecular complexity index is 1120. The van der Waals surface area contributed by atoms with Crippen molar-refractivity contribution >= 4 is 5.91 Å². The van der Waals surface area contributed by atoms with Gasteiger partial charge in [0, 0.05) is 16.7 Å². The third kappa shape index (κ3) is 4.09. The molecule has 0 aliphatic heterocycles. The second-order valence-corrected chi connectivity index (χ2v) is 6.91. The molecule has 0 saturated carbocycles. The van der Waals surface area contributed by atoms with Crippen molar-refractivity contribution in [2.24, 2.45) is 0 Å². The van der Waals surface area contributed by atoms with Crippen LogP contribution in [-0.4, -0.2) is 16.1 Å². The van der Waals surface area contributed by atoms with Crippen LogP contribution >= 0.6 is 0 Å². The maximum absolute atomic E-state index is 12.5. The van der Waals surface area contributed by atoms with Gasteiger partial charge in [0.05, 0.1) is 6.04 Å². The standard InChI is InChI=1S/C24H21N3O2/c1-16-8-6-7-11-21(16)24-27-26-23(29-24)20-14-12-19(13-15-20)22(28)25-17(2)18-9-4-3-5-10-18/h3-15,17H,1-2H3,(H,25,28). The first-order valence-electron chi connectivity index (χ1n) is 9.47. The van der Waals surface area contributed by atoms with Crippen molar-refractivity contribution in [1.82, 2.24) is 15.5 Å². The minimum atomic E-state index is -0.126. The number of hydrogen-bond donors (Lipinski definition) is 1. The Morgan fingerprint density at radius 2 is 1.52 bits per heavy atom. The SMILES string of the molecule is Cc1ccccc1-c1nnc(-c2ccc(C(=O)NC(C)c3ccccc3)cc2)o1. The minimum Gasteiger partial charge on any atom is -0.416 e. The molecule has 4 rings (SSSR count). The Hall–Kier alpha value is -3.73. The monoisotopic (exact) mass is 383 g/mol. The third-order valence-electron chi connectivity index (χ3n) is 4.84. The second-order valence-electron chi connectivity index (χ2n) is 6.91. The predicted octanol–water partition coefficient (Wildman–Crippen LogP) is 5.20. The summed E-state index contributed by atoms with van der Waals surface area (Å²) >= 11 is 0. The van der Waals surface area contributed by atoms with Crippen molar-refractivity contribution in [2.75, 3.05) is 0 Å². The third-order valence-corrected chi connectivity index (χ3v) is 4.84. The summed E-state index contributed by atoms with van der Waals surface area (Å²) in [6.07, 6.45) is 0. The van der Waals surface area contributed by atoms with Crippen molar-refractivity contribution in [3.05, 3.63) is 95.6 Å². The summed E-state index contributed by atoms with van der Waals surface area (Å²) < 4.78 is 5.84. The number of aryl methyl sites for hydroxylation is 1. The van der Waals surface area contributed by atoms with Crippen LogP contribution in [0.4, 0.5) is 0 Å². The van der Waals surface area contributed by atoms with Gasteiger partial charge in [-0.3, -0.25) is 4.79 Å². The molecule has 5 nitrogen and oxygen atoms in total. The van der Waals surface area contributed by atoms with Crippen molar-refractivity contribution in [3.8, 4) is 22.9 Å². The largest absolute Gasteiger partial charge is 0.416 e. The summed E-state index contributed by atoms with van der Waals surface area (Å²) in [6.45, 7) is 3.97. The number of benzene rings is 3. The molecule has 4 aromatic rings. The Morgan fingerprint density at radius 3 is 2.24 bits per heavy atom. The van der Waals surface area contributed by atoms with Crippen molar-refractivity contribution in [3.63, 3.8) is 0 Å². The van der Waals surface area contributed by atoms with Gasteiger partial charge in [-0.05, 0) is 55.3 Å². The number of amides is 1.